The van der Waals surface area contributed by atoms with Crippen LogP contribution in [0, 0.1) is 0 Å². The normalized spacial score (nSPS) is 13.8. The minimum absolute atomic E-state index is 0.0542. The zero-order valence-electron chi connectivity index (χ0n) is 11.0. The number of esters is 1. The number of carbonyl (C=O) groups is 1. The number of hydrogen-bond donors (Lipinski definition) is 0. The molecular weight excluding hydrogens is 246 g/mol. The molecule has 0 aliphatic heterocycles. The third-order valence-electron chi connectivity index (χ3n) is 1.92. The van der Waals surface area contributed by atoms with Crippen LogP contribution in [0.5, 0.6) is 0 Å². The summed E-state index contributed by atoms with van der Waals surface area (Å²) in [5, 5.41) is -0.235. The fraction of sp³-hybridized carbons (Fsp3) is 0.917. The van der Waals surface area contributed by atoms with Gasteiger partial charge in [0, 0.05) is 6.42 Å². The largest absolute Gasteiger partial charge is 0.459 e. The quantitative estimate of drug-likeness (QED) is 0.517. The summed E-state index contributed by atoms with van der Waals surface area (Å²) in [6.07, 6.45) is -1.06. The summed E-state index contributed by atoms with van der Waals surface area (Å²) in [6.45, 7) is 7.26. The number of thioether (sulfide) groups is 1. The predicted molar refractivity (Wildman–Crippen MR) is 67.6 cm³/mol. The van der Waals surface area contributed by atoms with Gasteiger partial charge in [-0.3, -0.25) is 4.79 Å². The molecule has 0 spiro atoms. The second kappa shape index (κ2) is 7.90. The molecule has 0 saturated carbocycles. The number of rotatable bonds is 7. The number of ether oxygens (including phenoxy) is 1. The average molecular weight is 268 g/mol. The van der Waals surface area contributed by atoms with E-state index in [4.69, 9.17) is 4.74 Å². The lowest BCUT2D eigenvalue weighted by Gasteiger charge is -2.22. The molecule has 2 nitrogen and oxygen atoms in total. The van der Waals surface area contributed by atoms with E-state index >= 15 is 0 Å². The third kappa shape index (κ3) is 10.5. The molecule has 0 radical (unpaired) electrons. The molecule has 0 fully saturated rings. The highest BCUT2D eigenvalue weighted by molar-refractivity contribution is 8.00. The summed E-state index contributed by atoms with van der Waals surface area (Å²) in [7, 11) is 0. The zero-order chi connectivity index (χ0) is 13.5. The van der Waals surface area contributed by atoms with Crippen LogP contribution in [0.4, 0.5) is 8.78 Å². The number of hydrogen-bond acceptors (Lipinski definition) is 3. The van der Waals surface area contributed by atoms with Crippen molar-refractivity contribution in [1.82, 2.24) is 0 Å². The summed E-state index contributed by atoms with van der Waals surface area (Å²) >= 11 is 1.46. The molecule has 1 atom stereocenters. The van der Waals surface area contributed by atoms with Crippen molar-refractivity contribution in [3.63, 3.8) is 0 Å². The molecule has 0 aromatic carbocycles. The van der Waals surface area contributed by atoms with Crippen molar-refractivity contribution in [2.24, 2.45) is 0 Å². The predicted octanol–water partition coefficient (Wildman–Crippen LogP) is 3.89. The summed E-state index contributed by atoms with van der Waals surface area (Å²) in [4.78, 5) is 11.6. The highest BCUT2D eigenvalue weighted by atomic mass is 32.2. The Hall–Kier alpha value is -0.320. The Morgan fingerprint density at radius 3 is 2.35 bits per heavy atom. The van der Waals surface area contributed by atoms with Crippen LogP contribution in [0.25, 0.3) is 0 Å². The first-order chi connectivity index (χ1) is 7.72. The van der Waals surface area contributed by atoms with E-state index in [0.29, 0.717) is 18.6 Å². The van der Waals surface area contributed by atoms with Gasteiger partial charge in [-0.2, -0.15) is 0 Å². The van der Waals surface area contributed by atoms with E-state index in [2.05, 4.69) is 0 Å². The molecule has 0 heterocycles. The molecule has 0 aliphatic carbocycles. The van der Waals surface area contributed by atoms with Crippen LogP contribution < -0.4 is 0 Å². The highest BCUT2D eigenvalue weighted by Crippen LogP contribution is 2.18. The van der Waals surface area contributed by atoms with Crippen molar-refractivity contribution >= 4 is 17.7 Å². The van der Waals surface area contributed by atoms with E-state index in [0.717, 1.165) is 0 Å². The Morgan fingerprint density at radius 1 is 1.29 bits per heavy atom. The fourth-order valence-electron chi connectivity index (χ4n) is 1.11. The molecule has 0 amide bonds. The topological polar surface area (TPSA) is 26.3 Å². The van der Waals surface area contributed by atoms with Crippen LogP contribution in [0.15, 0.2) is 0 Å². The van der Waals surface area contributed by atoms with Gasteiger partial charge in [-0.1, -0.05) is 0 Å². The van der Waals surface area contributed by atoms with Crippen molar-refractivity contribution < 1.29 is 18.3 Å². The van der Waals surface area contributed by atoms with Crippen LogP contribution in [0.3, 0.4) is 0 Å². The maximum Gasteiger partial charge on any atom is 0.319 e. The van der Waals surface area contributed by atoms with Crippen LogP contribution in [-0.4, -0.2) is 29.0 Å². The van der Waals surface area contributed by atoms with Gasteiger partial charge < -0.3 is 4.74 Å². The van der Waals surface area contributed by atoms with Gasteiger partial charge in [0.1, 0.15) is 5.60 Å². The molecule has 17 heavy (non-hydrogen) atoms. The number of unbranched alkanes of at least 4 members (excludes halogenated alkanes) is 1. The van der Waals surface area contributed by atoms with E-state index in [-0.39, 0.29) is 17.6 Å². The van der Waals surface area contributed by atoms with Crippen molar-refractivity contribution in [2.45, 2.75) is 64.2 Å². The molecule has 0 aromatic rings. The van der Waals surface area contributed by atoms with Crippen LogP contribution >= 0.6 is 11.8 Å². The minimum Gasteiger partial charge on any atom is -0.459 e. The summed E-state index contributed by atoms with van der Waals surface area (Å²) < 4.78 is 28.9. The molecule has 0 rings (SSSR count). The number of carbonyl (C=O) groups excluding carboxylic acids is 1. The number of halogens is 2. The molecule has 0 saturated heterocycles. The molecular formula is C12H22F2O2S. The van der Waals surface area contributed by atoms with Gasteiger partial charge >= 0.3 is 5.97 Å². The Balaban J connectivity index is 3.65. The van der Waals surface area contributed by atoms with Crippen molar-refractivity contribution in [3.8, 4) is 0 Å². The highest BCUT2D eigenvalue weighted by Gasteiger charge is 2.21. The van der Waals surface area contributed by atoms with Crippen LogP contribution in [-0.2, 0) is 9.53 Å². The summed E-state index contributed by atoms with van der Waals surface area (Å²) in [5.41, 5.74) is -0.471. The average Bonchev–Trinajstić information content (AvgIpc) is 2.13. The Bertz CT molecular complexity index is 227. The standard InChI is InChI=1S/C12H22F2O2S/c1-9(11(15)16-12(2,3)4)17-8-6-5-7-10(13)14/h9-10H,5-8H2,1-4H3. The smallest absolute Gasteiger partial charge is 0.319 e. The van der Waals surface area contributed by atoms with Crippen LogP contribution in [0.1, 0.15) is 47.0 Å². The molecule has 1 unspecified atom stereocenters. The third-order valence-corrected chi connectivity index (χ3v) is 3.14. The first-order valence-corrected chi connectivity index (χ1v) is 6.90. The maximum atomic E-state index is 11.9. The van der Waals surface area contributed by atoms with Gasteiger partial charge in [0.2, 0.25) is 6.43 Å². The fourth-order valence-corrected chi connectivity index (χ4v) is 2.02. The van der Waals surface area contributed by atoms with Gasteiger partial charge in [0.25, 0.3) is 0 Å². The minimum atomic E-state index is -2.22. The number of alkyl halides is 2. The van der Waals surface area contributed by atoms with Gasteiger partial charge in [-0.25, -0.2) is 8.78 Å². The van der Waals surface area contributed by atoms with Crippen molar-refractivity contribution in [3.05, 3.63) is 0 Å². The molecule has 0 N–H and O–H groups in total. The van der Waals surface area contributed by atoms with Crippen LogP contribution in [0.2, 0.25) is 0 Å². The van der Waals surface area contributed by atoms with Gasteiger partial charge in [-0.15, -0.1) is 11.8 Å². The second-order valence-electron chi connectivity index (χ2n) is 4.93. The lowest BCUT2D eigenvalue weighted by molar-refractivity contribution is -0.153. The lowest BCUT2D eigenvalue weighted by atomic mass is 10.2. The van der Waals surface area contributed by atoms with Crippen molar-refractivity contribution in [1.29, 1.82) is 0 Å². The first kappa shape index (κ1) is 16.7. The van der Waals surface area contributed by atoms with E-state index in [1.54, 1.807) is 6.92 Å². The van der Waals surface area contributed by atoms with E-state index < -0.39 is 12.0 Å². The SMILES string of the molecule is CC(SCCCCC(F)F)C(=O)OC(C)(C)C. The van der Waals surface area contributed by atoms with E-state index in [1.165, 1.54) is 11.8 Å². The zero-order valence-corrected chi connectivity index (χ0v) is 11.8. The van der Waals surface area contributed by atoms with Gasteiger partial charge in [0.05, 0.1) is 5.25 Å². The van der Waals surface area contributed by atoms with E-state index in [9.17, 15) is 13.6 Å². The summed E-state index contributed by atoms with van der Waals surface area (Å²) in [5.74, 6) is 0.476. The Morgan fingerprint density at radius 2 is 1.88 bits per heavy atom. The molecule has 0 aromatic heterocycles. The first-order valence-electron chi connectivity index (χ1n) is 5.85. The Kier molecular flexibility index (Phi) is 7.75. The monoisotopic (exact) mass is 268 g/mol. The van der Waals surface area contributed by atoms with E-state index in [1.807, 2.05) is 20.8 Å². The summed E-state index contributed by atoms with van der Waals surface area (Å²) in [6, 6.07) is 0. The molecule has 102 valence electrons. The lowest BCUT2D eigenvalue weighted by Crippen LogP contribution is -2.29. The Labute approximate surface area is 106 Å². The van der Waals surface area contributed by atoms with Gasteiger partial charge in [0.15, 0.2) is 0 Å². The molecule has 5 heteroatoms. The second-order valence-corrected chi connectivity index (χ2v) is 6.38. The van der Waals surface area contributed by atoms with Gasteiger partial charge in [-0.05, 0) is 46.3 Å². The molecule has 0 aliphatic rings. The molecule has 0 bridgehead atoms. The maximum absolute atomic E-state index is 11.9. The van der Waals surface area contributed by atoms with Crippen molar-refractivity contribution in [2.75, 3.05) is 5.75 Å².